The van der Waals surface area contributed by atoms with E-state index in [0.717, 1.165) is 40.3 Å². The van der Waals surface area contributed by atoms with Gasteiger partial charge in [0.15, 0.2) is 0 Å². The fourth-order valence-electron chi connectivity index (χ4n) is 4.26. The molecule has 0 radical (unpaired) electrons. The number of anilines is 2. The number of nitrogens with zero attached hydrogens (tertiary/aromatic N) is 6. The molecule has 0 saturated carbocycles. The van der Waals surface area contributed by atoms with Gasteiger partial charge in [-0.3, -0.25) is 15.0 Å². The maximum Gasteiger partial charge on any atom is 0.142 e. The van der Waals surface area contributed by atoms with E-state index in [2.05, 4.69) is 20.0 Å². The van der Waals surface area contributed by atoms with Gasteiger partial charge >= 0.3 is 0 Å². The Morgan fingerprint density at radius 3 is 2.42 bits per heavy atom. The van der Waals surface area contributed by atoms with Crippen LogP contribution >= 0.6 is 0 Å². The van der Waals surface area contributed by atoms with Crippen LogP contribution in [0.1, 0.15) is 17.3 Å². The molecular weight excluding hydrogens is 456 g/mol. The zero-order chi connectivity index (χ0) is 25.1. The van der Waals surface area contributed by atoms with E-state index in [4.69, 9.17) is 19.2 Å². The van der Waals surface area contributed by atoms with Gasteiger partial charge < -0.3 is 19.1 Å². The van der Waals surface area contributed by atoms with Gasteiger partial charge in [0.2, 0.25) is 0 Å². The van der Waals surface area contributed by atoms with Crippen LogP contribution in [0.15, 0.2) is 66.0 Å². The molecule has 3 heterocycles. The van der Waals surface area contributed by atoms with Crippen molar-refractivity contribution in [3.05, 3.63) is 72.3 Å². The van der Waals surface area contributed by atoms with E-state index in [1.165, 1.54) is 0 Å². The lowest BCUT2D eigenvalue weighted by molar-refractivity contribution is 0.380. The summed E-state index contributed by atoms with van der Waals surface area (Å²) >= 11 is 0. The molecule has 0 fully saturated rings. The number of rotatable bonds is 8. The second-order valence-corrected chi connectivity index (χ2v) is 8.49. The number of hydrazone groups is 1. The molecule has 1 aliphatic heterocycles. The minimum atomic E-state index is 0.118. The van der Waals surface area contributed by atoms with Crippen LogP contribution in [-0.4, -0.2) is 61.1 Å². The highest BCUT2D eigenvalue weighted by molar-refractivity contribution is 5.82. The summed E-state index contributed by atoms with van der Waals surface area (Å²) < 4.78 is 16.7. The molecule has 2 aromatic carbocycles. The first kappa shape index (κ1) is 23.3. The van der Waals surface area contributed by atoms with Crippen LogP contribution < -0.4 is 19.1 Å². The van der Waals surface area contributed by atoms with Crippen molar-refractivity contribution in [3.63, 3.8) is 0 Å². The van der Waals surface area contributed by atoms with Gasteiger partial charge in [0.05, 0.1) is 50.5 Å². The van der Waals surface area contributed by atoms with Crippen LogP contribution in [0.2, 0.25) is 0 Å². The molecule has 0 N–H and O–H groups in total. The molecule has 9 heteroatoms. The van der Waals surface area contributed by atoms with E-state index in [1.807, 2.05) is 73.0 Å². The highest BCUT2D eigenvalue weighted by atomic mass is 16.5. The maximum atomic E-state index is 5.58. The fraction of sp³-hybridized carbons (Fsp3) is 0.259. The second-order valence-electron chi connectivity index (χ2n) is 8.49. The topological polar surface area (TPSA) is 85.2 Å². The Labute approximate surface area is 210 Å². The number of fused-ring (bicyclic) bond motifs is 1. The van der Waals surface area contributed by atoms with E-state index in [-0.39, 0.29) is 5.92 Å². The number of ether oxygens (including phenoxy) is 3. The first-order valence-corrected chi connectivity index (χ1v) is 11.6. The smallest absolute Gasteiger partial charge is 0.142 e. The summed E-state index contributed by atoms with van der Waals surface area (Å²) in [6.45, 7) is 1.24. The Morgan fingerprint density at radius 1 is 0.917 bits per heavy atom. The Bertz CT molecular complexity index is 1390. The minimum absolute atomic E-state index is 0.118. The molecule has 0 spiro atoms. The van der Waals surface area contributed by atoms with Crippen molar-refractivity contribution in [1.29, 1.82) is 0 Å². The zero-order valence-electron chi connectivity index (χ0n) is 20.8. The van der Waals surface area contributed by atoms with Crippen molar-refractivity contribution in [2.45, 2.75) is 12.5 Å². The fourth-order valence-corrected chi connectivity index (χ4v) is 4.26. The van der Waals surface area contributed by atoms with Gasteiger partial charge in [-0.25, -0.2) is 4.98 Å². The molecule has 2 aromatic heterocycles. The van der Waals surface area contributed by atoms with Gasteiger partial charge in [0.1, 0.15) is 22.9 Å². The van der Waals surface area contributed by atoms with E-state index in [1.54, 1.807) is 27.5 Å². The van der Waals surface area contributed by atoms with Gasteiger partial charge in [-0.1, -0.05) is 0 Å². The second kappa shape index (κ2) is 10.1. The molecule has 36 heavy (non-hydrogen) atoms. The third kappa shape index (κ3) is 4.72. The zero-order valence-corrected chi connectivity index (χ0v) is 20.8. The molecule has 4 aromatic rings. The third-order valence-electron chi connectivity index (χ3n) is 6.16. The molecule has 1 atom stereocenters. The summed E-state index contributed by atoms with van der Waals surface area (Å²) in [6, 6.07) is 15.6. The lowest BCUT2D eigenvalue weighted by atomic mass is 10.1. The quantitative estimate of drug-likeness (QED) is 0.364. The summed E-state index contributed by atoms with van der Waals surface area (Å²) in [5, 5.41) is 6.25. The molecule has 1 aliphatic rings. The predicted molar refractivity (Wildman–Crippen MR) is 140 cm³/mol. The van der Waals surface area contributed by atoms with Crippen LogP contribution in [0.5, 0.6) is 17.2 Å². The molecular formula is C27H28N6O3. The Kier molecular flexibility index (Phi) is 6.53. The molecule has 5 rings (SSSR count). The molecule has 184 valence electrons. The number of aromatic nitrogens is 3. The standard InChI is InChI=1S/C27H28N6O3/c1-32-16-18(14-30-32)25-15-29-23-8-7-19(12-24(23)31-25)33(17-26-27(36-4)6-5-9-28-26)20-10-21(34-2)13-22(11-20)35-3/h5-15,18H,16-17H2,1-4H3. The predicted octanol–water partition coefficient (Wildman–Crippen LogP) is 4.40. The minimum Gasteiger partial charge on any atom is -0.497 e. The number of methoxy groups -OCH3 is 3. The molecule has 0 bridgehead atoms. The maximum absolute atomic E-state index is 5.58. The van der Waals surface area contributed by atoms with Crippen LogP contribution in [0.3, 0.4) is 0 Å². The van der Waals surface area contributed by atoms with Crippen molar-refractivity contribution in [2.75, 3.05) is 39.8 Å². The normalized spacial score (nSPS) is 14.8. The first-order valence-electron chi connectivity index (χ1n) is 11.6. The Balaban J connectivity index is 1.61. The average Bonchev–Trinajstić information content (AvgIpc) is 3.37. The summed E-state index contributed by atoms with van der Waals surface area (Å²) in [4.78, 5) is 16.3. The summed E-state index contributed by atoms with van der Waals surface area (Å²) in [7, 11) is 6.88. The van der Waals surface area contributed by atoms with Crippen LogP contribution in [-0.2, 0) is 6.54 Å². The van der Waals surface area contributed by atoms with Gasteiger partial charge in [-0.2, -0.15) is 5.10 Å². The Morgan fingerprint density at radius 2 is 1.72 bits per heavy atom. The van der Waals surface area contributed by atoms with E-state index in [0.29, 0.717) is 23.8 Å². The number of pyridine rings is 1. The highest BCUT2D eigenvalue weighted by Gasteiger charge is 2.20. The summed E-state index contributed by atoms with van der Waals surface area (Å²) in [5.74, 6) is 2.21. The monoisotopic (exact) mass is 484 g/mol. The molecule has 9 nitrogen and oxygen atoms in total. The van der Waals surface area contributed by atoms with Crippen LogP contribution in [0.25, 0.3) is 11.0 Å². The third-order valence-corrected chi connectivity index (χ3v) is 6.16. The lowest BCUT2D eigenvalue weighted by Gasteiger charge is -2.26. The largest absolute Gasteiger partial charge is 0.497 e. The highest BCUT2D eigenvalue weighted by Crippen LogP contribution is 2.36. The number of benzene rings is 2. The van der Waals surface area contributed by atoms with Crippen molar-refractivity contribution in [1.82, 2.24) is 20.0 Å². The van der Waals surface area contributed by atoms with Crippen LogP contribution in [0, 0.1) is 0 Å². The molecule has 1 unspecified atom stereocenters. The number of likely N-dealkylation sites (N-methyl/N-ethyl adjacent to an activating group) is 1. The first-order chi connectivity index (χ1) is 17.6. The SMILES string of the molecule is COc1cc(OC)cc(N(Cc2ncccc2OC)c2ccc3ncc(C4C=NN(C)C4)nc3c2)c1. The summed E-state index contributed by atoms with van der Waals surface area (Å²) in [6.07, 6.45) is 5.52. The van der Waals surface area contributed by atoms with E-state index < -0.39 is 0 Å². The Hall–Kier alpha value is -4.40. The molecule has 0 saturated heterocycles. The molecule has 0 amide bonds. The van der Waals surface area contributed by atoms with Gasteiger partial charge in [0, 0.05) is 61.8 Å². The van der Waals surface area contributed by atoms with E-state index >= 15 is 0 Å². The van der Waals surface area contributed by atoms with Gasteiger partial charge in [-0.05, 0) is 30.3 Å². The van der Waals surface area contributed by atoms with Gasteiger partial charge in [0.25, 0.3) is 0 Å². The van der Waals surface area contributed by atoms with Crippen molar-refractivity contribution < 1.29 is 14.2 Å². The van der Waals surface area contributed by atoms with E-state index in [9.17, 15) is 0 Å². The number of hydrogen-bond acceptors (Lipinski definition) is 9. The summed E-state index contributed by atoms with van der Waals surface area (Å²) in [5.41, 5.74) is 5.13. The van der Waals surface area contributed by atoms with Crippen LogP contribution in [0.4, 0.5) is 11.4 Å². The molecule has 0 aliphatic carbocycles. The lowest BCUT2D eigenvalue weighted by Crippen LogP contribution is -2.18. The van der Waals surface area contributed by atoms with Crippen molar-refractivity contribution >= 4 is 28.6 Å². The average molecular weight is 485 g/mol. The van der Waals surface area contributed by atoms with Crippen molar-refractivity contribution in [2.24, 2.45) is 5.10 Å². The number of hydrogen-bond donors (Lipinski definition) is 0. The van der Waals surface area contributed by atoms with Crippen molar-refractivity contribution in [3.8, 4) is 17.2 Å². The van der Waals surface area contributed by atoms with Gasteiger partial charge in [-0.15, -0.1) is 0 Å².